The van der Waals surface area contributed by atoms with E-state index in [1.807, 2.05) is 57.2 Å². The summed E-state index contributed by atoms with van der Waals surface area (Å²) in [7, 11) is 0. The van der Waals surface area contributed by atoms with Crippen molar-refractivity contribution >= 4 is 11.6 Å². The summed E-state index contributed by atoms with van der Waals surface area (Å²) in [5, 5.41) is 8.26. The van der Waals surface area contributed by atoms with Crippen LogP contribution in [0.4, 0.5) is 5.82 Å². The molecule has 0 aliphatic heterocycles. The largest absolute Gasteiger partial charge is 0.384 e. The zero-order chi connectivity index (χ0) is 18.7. The minimum atomic E-state index is -0.00237. The zero-order valence-corrected chi connectivity index (χ0v) is 15.4. The second-order valence-electron chi connectivity index (χ2n) is 6.52. The highest BCUT2D eigenvalue weighted by molar-refractivity contribution is 5.95. The lowest BCUT2D eigenvalue weighted by molar-refractivity contribution is 0.0977. The van der Waals surface area contributed by atoms with Crippen molar-refractivity contribution in [2.24, 2.45) is 0 Å². The first-order chi connectivity index (χ1) is 12.5. The number of benzene rings is 1. The summed E-state index contributed by atoms with van der Waals surface area (Å²) in [6.07, 6.45) is 0.993. The number of anilines is 1. The highest BCUT2D eigenvalue weighted by Gasteiger charge is 2.17. The molecule has 3 aromatic rings. The van der Waals surface area contributed by atoms with Gasteiger partial charge >= 0.3 is 0 Å². The molecule has 0 fully saturated rings. The quantitative estimate of drug-likeness (QED) is 0.691. The monoisotopic (exact) mass is 349 g/mol. The number of ketones is 1. The Kier molecular flexibility index (Phi) is 5.11. The smallest absolute Gasteiger partial charge is 0.185 e. The number of carbonyl (C=O) groups excluding carboxylic acids is 1. The third kappa shape index (κ3) is 3.79. The summed E-state index contributed by atoms with van der Waals surface area (Å²) in [6, 6.07) is 11.8. The first-order valence-electron chi connectivity index (χ1n) is 8.65. The maximum absolute atomic E-state index is 12.6. The van der Waals surface area contributed by atoms with Crippen molar-refractivity contribution < 1.29 is 4.79 Å². The molecule has 2 aromatic heterocycles. The molecule has 0 bridgehead atoms. The molecule has 0 unspecified atom stereocenters. The average molecular weight is 349 g/mol. The Morgan fingerprint density at radius 1 is 1.15 bits per heavy atom. The van der Waals surface area contributed by atoms with Gasteiger partial charge in [-0.25, -0.2) is 9.67 Å². The fourth-order valence-corrected chi connectivity index (χ4v) is 3.15. The molecule has 0 radical (unpaired) electrons. The summed E-state index contributed by atoms with van der Waals surface area (Å²) in [5.41, 5.74) is 11.1. The zero-order valence-electron chi connectivity index (χ0n) is 15.4. The van der Waals surface area contributed by atoms with E-state index in [0.717, 1.165) is 28.1 Å². The van der Waals surface area contributed by atoms with Crippen molar-refractivity contribution in [2.45, 2.75) is 40.2 Å². The Hall–Kier alpha value is -3.02. The van der Waals surface area contributed by atoms with Crippen LogP contribution in [0.25, 0.3) is 0 Å². The molecule has 134 valence electrons. The Labute approximate surface area is 153 Å². The van der Waals surface area contributed by atoms with E-state index in [-0.39, 0.29) is 5.78 Å². The molecule has 0 saturated carbocycles. The number of nitrogen functional groups attached to an aromatic ring is 1. The van der Waals surface area contributed by atoms with Crippen LogP contribution in [0, 0.1) is 20.8 Å². The first-order valence-corrected chi connectivity index (χ1v) is 8.65. The van der Waals surface area contributed by atoms with Gasteiger partial charge in [0, 0.05) is 12.1 Å². The highest BCUT2D eigenvalue weighted by Crippen LogP contribution is 2.18. The third-order valence-corrected chi connectivity index (χ3v) is 4.60. The third-order valence-electron chi connectivity index (χ3n) is 4.60. The van der Waals surface area contributed by atoms with E-state index in [0.29, 0.717) is 30.9 Å². The first kappa shape index (κ1) is 17.8. The van der Waals surface area contributed by atoms with Crippen LogP contribution in [-0.2, 0) is 13.0 Å². The van der Waals surface area contributed by atoms with Crippen molar-refractivity contribution in [3.63, 3.8) is 0 Å². The van der Waals surface area contributed by atoms with Crippen molar-refractivity contribution in [3.05, 3.63) is 70.2 Å². The number of pyridine rings is 1. The molecule has 0 atom stereocenters. The molecule has 0 saturated heterocycles. The fourth-order valence-electron chi connectivity index (χ4n) is 3.15. The fraction of sp³-hybridized carbons (Fsp3) is 0.300. The topological polar surface area (TPSA) is 86.7 Å². The molecule has 0 aliphatic rings. The summed E-state index contributed by atoms with van der Waals surface area (Å²) < 4.78 is 1.77. The SMILES string of the molecule is Cc1cc(N)nc(C)c1CCC(=O)c1nnn(Cc2ccccc2)c1C. The van der Waals surface area contributed by atoms with Crippen LogP contribution in [0.3, 0.4) is 0 Å². The minimum absolute atomic E-state index is 0.00237. The van der Waals surface area contributed by atoms with Gasteiger partial charge in [0.15, 0.2) is 11.5 Å². The van der Waals surface area contributed by atoms with E-state index in [1.165, 1.54) is 0 Å². The molecule has 0 amide bonds. The van der Waals surface area contributed by atoms with Gasteiger partial charge in [-0.1, -0.05) is 35.5 Å². The molecule has 6 heteroatoms. The average Bonchev–Trinajstić information content (AvgIpc) is 2.95. The number of carbonyl (C=O) groups is 1. The van der Waals surface area contributed by atoms with E-state index in [4.69, 9.17) is 5.73 Å². The van der Waals surface area contributed by atoms with Crippen molar-refractivity contribution in [2.75, 3.05) is 5.73 Å². The summed E-state index contributed by atoms with van der Waals surface area (Å²) in [5.74, 6) is 0.507. The van der Waals surface area contributed by atoms with E-state index < -0.39 is 0 Å². The minimum Gasteiger partial charge on any atom is -0.384 e. The molecule has 0 aliphatic carbocycles. The molecule has 2 N–H and O–H groups in total. The lowest BCUT2D eigenvalue weighted by atomic mass is 10.00. The molecular formula is C20H23N5O. The van der Waals surface area contributed by atoms with Gasteiger partial charge in [0.1, 0.15) is 5.82 Å². The second-order valence-corrected chi connectivity index (χ2v) is 6.52. The lowest BCUT2D eigenvalue weighted by Gasteiger charge is -2.09. The maximum atomic E-state index is 12.6. The molecule has 6 nitrogen and oxygen atoms in total. The van der Waals surface area contributed by atoms with E-state index in [9.17, 15) is 4.79 Å². The van der Waals surface area contributed by atoms with Crippen molar-refractivity contribution in [1.82, 2.24) is 20.0 Å². The van der Waals surface area contributed by atoms with E-state index in [1.54, 1.807) is 4.68 Å². The van der Waals surface area contributed by atoms with E-state index in [2.05, 4.69) is 15.3 Å². The Morgan fingerprint density at radius 2 is 1.88 bits per heavy atom. The number of aryl methyl sites for hydroxylation is 2. The van der Waals surface area contributed by atoms with Gasteiger partial charge in [-0.05, 0) is 49.9 Å². The van der Waals surface area contributed by atoms with Gasteiger partial charge in [0.05, 0.1) is 12.2 Å². The van der Waals surface area contributed by atoms with Crippen LogP contribution in [0.2, 0.25) is 0 Å². The Bertz CT molecular complexity index is 908. The van der Waals surface area contributed by atoms with Gasteiger partial charge < -0.3 is 5.73 Å². The normalized spacial score (nSPS) is 10.9. The van der Waals surface area contributed by atoms with Crippen LogP contribution in [-0.4, -0.2) is 25.8 Å². The van der Waals surface area contributed by atoms with Gasteiger partial charge in [-0.2, -0.15) is 0 Å². The number of rotatable bonds is 6. The molecule has 3 rings (SSSR count). The van der Waals surface area contributed by atoms with Gasteiger partial charge in [0.2, 0.25) is 0 Å². The maximum Gasteiger partial charge on any atom is 0.185 e. The van der Waals surface area contributed by atoms with Crippen LogP contribution < -0.4 is 5.73 Å². The lowest BCUT2D eigenvalue weighted by Crippen LogP contribution is -2.08. The highest BCUT2D eigenvalue weighted by atomic mass is 16.1. The molecular weight excluding hydrogens is 326 g/mol. The Balaban J connectivity index is 1.71. The number of nitrogens with two attached hydrogens (primary N) is 1. The second kappa shape index (κ2) is 7.47. The summed E-state index contributed by atoms with van der Waals surface area (Å²) in [4.78, 5) is 16.9. The Morgan fingerprint density at radius 3 is 2.58 bits per heavy atom. The van der Waals surface area contributed by atoms with Crippen LogP contribution in [0.5, 0.6) is 0 Å². The van der Waals surface area contributed by atoms with Crippen LogP contribution >= 0.6 is 0 Å². The van der Waals surface area contributed by atoms with Gasteiger partial charge in [-0.15, -0.1) is 5.10 Å². The molecule has 2 heterocycles. The summed E-state index contributed by atoms with van der Waals surface area (Å²) in [6.45, 7) is 6.40. The predicted octanol–water partition coefficient (Wildman–Crippen LogP) is 3.04. The molecule has 26 heavy (non-hydrogen) atoms. The van der Waals surface area contributed by atoms with Crippen LogP contribution in [0.1, 0.15) is 45.0 Å². The standard InChI is InChI=1S/C20H23N5O/c1-13-11-19(21)22-14(2)17(13)9-10-18(26)20-15(3)25(24-23-20)12-16-7-5-4-6-8-16/h4-8,11H,9-10,12H2,1-3H3,(H2,21,22). The number of Topliss-reactive ketones (excluding diaryl/α,β-unsaturated/α-hetero) is 1. The van der Waals surface area contributed by atoms with Crippen molar-refractivity contribution in [1.29, 1.82) is 0 Å². The predicted molar refractivity (Wildman–Crippen MR) is 101 cm³/mol. The molecule has 0 spiro atoms. The number of nitrogens with zero attached hydrogens (tertiary/aromatic N) is 4. The number of hydrogen-bond donors (Lipinski definition) is 1. The van der Waals surface area contributed by atoms with Crippen LogP contribution in [0.15, 0.2) is 36.4 Å². The molecule has 1 aromatic carbocycles. The number of hydrogen-bond acceptors (Lipinski definition) is 5. The van der Waals surface area contributed by atoms with Crippen molar-refractivity contribution in [3.8, 4) is 0 Å². The summed E-state index contributed by atoms with van der Waals surface area (Å²) >= 11 is 0. The van der Waals surface area contributed by atoms with E-state index >= 15 is 0 Å². The number of aromatic nitrogens is 4. The van der Waals surface area contributed by atoms with Gasteiger partial charge in [-0.3, -0.25) is 4.79 Å². The van der Waals surface area contributed by atoms with Gasteiger partial charge in [0.25, 0.3) is 0 Å².